The Kier molecular flexibility index (Phi) is 5.31. The lowest BCUT2D eigenvalue weighted by atomic mass is 9.90. The average molecular weight is 250 g/mol. The lowest BCUT2D eigenvalue weighted by Gasteiger charge is -2.24. The van der Waals surface area contributed by atoms with Crippen LogP contribution < -0.4 is 11.1 Å². The predicted octanol–water partition coefficient (Wildman–Crippen LogP) is 1.28. The molecule has 4 heteroatoms. The van der Waals surface area contributed by atoms with Gasteiger partial charge in [0.1, 0.15) is 0 Å². The molecule has 0 heterocycles. The Morgan fingerprint density at radius 1 is 1.44 bits per heavy atom. The molecule has 100 valence electrons. The highest BCUT2D eigenvalue weighted by Gasteiger charge is 2.16. The monoisotopic (exact) mass is 250 g/mol. The fourth-order valence-electron chi connectivity index (χ4n) is 1.77. The van der Waals surface area contributed by atoms with E-state index in [9.17, 15) is 4.79 Å². The number of carbonyl (C=O) groups is 1. The van der Waals surface area contributed by atoms with Gasteiger partial charge in [0, 0.05) is 25.3 Å². The van der Waals surface area contributed by atoms with Gasteiger partial charge in [-0.3, -0.25) is 4.79 Å². The molecular weight excluding hydrogens is 228 g/mol. The number of rotatable bonds is 7. The summed E-state index contributed by atoms with van der Waals surface area (Å²) in [6.45, 7) is 5.92. The third-order valence-corrected chi connectivity index (χ3v) is 2.93. The van der Waals surface area contributed by atoms with Crippen LogP contribution in [0.1, 0.15) is 36.2 Å². The fourth-order valence-corrected chi connectivity index (χ4v) is 1.77. The van der Waals surface area contributed by atoms with Gasteiger partial charge in [-0.1, -0.05) is 26.0 Å². The first-order valence-electron chi connectivity index (χ1n) is 6.15. The molecule has 18 heavy (non-hydrogen) atoms. The van der Waals surface area contributed by atoms with Crippen molar-refractivity contribution >= 4 is 5.91 Å². The summed E-state index contributed by atoms with van der Waals surface area (Å²) in [7, 11) is 0. The Hall–Kier alpha value is -1.39. The van der Waals surface area contributed by atoms with E-state index in [-0.39, 0.29) is 12.0 Å². The van der Waals surface area contributed by atoms with Gasteiger partial charge < -0.3 is 16.2 Å². The molecule has 1 aromatic rings. The first-order chi connectivity index (χ1) is 8.44. The van der Waals surface area contributed by atoms with Gasteiger partial charge in [-0.15, -0.1) is 0 Å². The summed E-state index contributed by atoms with van der Waals surface area (Å²) in [5.74, 6) is -0.405. The van der Waals surface area contributed by atoms with Crippen LogP contribution in [-0.4, -0.2) is 24.2 Å². The molecule has 0 aliphatic rings. The maximum absolute atomic E-state index is 11.0. The van der Waals surface area contributed by atoms with Crippen LogP contribution in [0.15, 0.2) is 24.3 Å². The Labute approximate surface area is 108 Å². The van der Waals surface area contributed by atoms with E-state index >= 15 is 0 Å². The molecule has 1 aromatic carbocycles. The van der Waals surface area contributed by atoms with Gasteiger partial charge in [0.25, 0.3) is 0 Å². The minimum Gasteiger partial charge on any atom is -0.396 e. The van der Waals surface area contributed by atoms with Gasteiger partial charge in [-0.2, -0.15) is 0 Å². The van der Waals surface area contributed by atoms with Crippen molar-refractivity contribution in [3.8, 4) is 0 Å². The summed E-state index contributed by atoms with van der Waals surface area (Å²) in [5, 5.41) is 12.3. The second-order valence-corrected chi connectivity index (χ2v) is 5.31. The number of nitrogens with two attached hydrogens (primary N) is 1. The molecule has 4 nitrogen and oxygen atoms in total. The number of hydrogen-bond donors (Lipinski definition) is 3. The lowest BCUT2D eigenvalue weighted by molar-refractivity contribution is 0.1000. The number of carbonyl (C=O) groups excluding carboxylic acids is 1. The van der Waals surface area contributed by atoms with Crippen LogP contribution >= 0.6 is 0 Å². The summed E-state index contributed by atoms with van der Waals surface area (Å²) in [6, 6.07) is 7.30. The zero-order chi connectivity index (χ0) is 13.6. The van der Waals surface area contributed by atoms with Gasteiger partial charge in [-0.05, 0) is 29.5 Å². The number of amides is 1. The number of benzene rings is 1. The van der Waals surface area contributed by atoms with E-state index in [1.54, 1.807) is 12.1 Å². The van der Waals surface area contributed by atoms with Gasteiger partial charge in [0.15, 0.2) is 0 Å². The van der Waals surface area contributed by atoms with Crippen molar-refractivity contribution in [3.63, 3.8) is 0 Å². The van der Waals surface area contributed by atoms with Gasteiger partial charge in [0.2, 0.25) is 5.91 Å². The second kappa shape index (κ2) is 6.52. The Morgan fingerprint density at radius 2 is 2.17 bits per heavy atom. The molecule has 0 saturated carbocycles. The van der Waals surface area contributed by atoms with E-state index in [1.807, 2.05) is 12.1 Å². The first kappa shape index (κ1) is 14.7. The molecule has 0 aliphatic heterocycles. The summed E-state index contributed by atoms with van der Waals surface area (Å²) in [6.07, 6.45) is 0.765. The summed E-state index contributed by atoms with van der Waals surface area (Å²) in [4.78, 5) is 11.0. The van der Waals surface area contributed by atoms with Crippen LogP contribution in [0.2, 0.25) is 0 Å². The largest absolute Gasteiger partial charge is 0.396 e. The number of nitrogens with one attached hydrogen (secondary N) is 1. The van der Waals surface area contributed by atoms with E-state index in [0.717, 1.165) is 18.5 Å². The number of aliphatic hydroxyl groups is 1. The quantitative estimate of drug-likeness (QED) is 0.682. The fraction of sp³-hybridized carbons (Fsp3) is 0.500. The van der Waals surface area contributed by atoms with Crippen molar-refractivity contribution in [1.82, 2.24) is 5.32 Å². The molecule has 0 spiro atoms. The van der Waals surface area contributed by atoms with Gasteiger partial charge in [-0.25, -0.2) is 0 Å². The minimum absolute atomic E-state index is 0.0655. The minimum atomic E-state index is -0.405. The summed E-state index contributed by atoms with van der Waals surface area (Å²) < 4.78 is 0. The van der Waals surface area contributed by atoms with Crippen LogP contribution in [-0.2, 0) is 6.54 Å². The normalized spacial score (nSPS) is 11.5. The molecular formula is C14H22N2O2. The van der Waals surface area contributed by atoms with E-state index in [1.165, 1.54) is 0 Å². The van der Waals surface area contributed by atoms with Crippen molar-refractivity contribution < 1.29 is 9.90 Å². The maximum Gasteiger partial charge on any atom is 0.248 e. The molecule has 0 aliphatic carbocycles. The molecule has 4 N–H and O–H groups in total. The Morgan fingerprint density at radius 3 is 2.78 bits per heavy atom. The van der Waals surface area contributed by atoms with Gasteiger partial charge >= 0.3 is 0 Å². The highest BCUT2D eigenvalue weighted by molar-refractivity contribution is 5.92. The van der Waals surface area contributed by atoms with E-state index in [0.29, 0.717) is 12.1 Å². The predicted molar refractivity (Wildman–Crippen MR) is 72.2 cm³/mol. The molecule has 0 unspecified atom stereocenters. The Balaban J connectivity index is 2.49. The van der Waals surface area contributed by atoms with Crippen molar-refractivity contribution in [2.45, 2.75) is 26.8 Å². The molecule has 0 saturated heterocycles. The van der Waals surface area contributed by atoms with E-state index in [4.69, 9.17) is 10.8 Å². The van der Waals surface area contributed by atoms with E-state index < -0.39 is 5.91 Å². The second-order valence-electron chi connectivity index (χ2n) is 5.31. The average Bonchev–Trinajstić information content (AvgIpc) is 2.29. The van der Waals surface area contributed by atoms with Gasteiger partial charge in [0.05, 0.1) is 0 Å². The molecule has 0 atom stereocenters. The molecule has 1 rings (SSSR count). The highest BCUT2D eigenvalue weighted by Crippen LogP contribution is 2.18. The highest BCUT2D eigenvalue weighted by atomic mass is 16.3. The molecule has 0 bridgehead atoms. The topological polar surface area (TPSA) is 75.3 Å². The molecule has 1 amide bonds. The van der Waals surface area contributed by atoms with Crippen LogP contribution in [0.3, 0.4) is 0 Å². The molecule has 0 fully saturated rings. The molecule has 0 aromatic heterocycles. The van der Waals surface area contributed by atoms with Crippen LogP contribution in [0.5, 0.6) is 0 Å². The Bertz CT molecular complexity index is 403. The number of hydrogen-bond acceptors (Lipinski definition) is 3. The lowest BCUT2D eigenvalue weighted by Crippen LogP contribution is -2.30. The zero-order valence-electron chi connectivity index (χ0n) is 11.1. The van der Waals surface area contributed by atoms with Crippen LogP contribution in [0.4, 0.5) is 0 Å². The van der Waals surface area contributed by atoms with Crippen LogP contribution in [0, 0.1) is 5.41 Å². The SMILES string of the molecule is CC(C)(CCO)CNCc1cccc(C(N)=O)c1. The van der Waals surface area contributed by atoms with Crippen LogP contribution in [0.25, 0.3) is 0 Å². The van der Waals surface area contributed by atoms with Crippen molar-refractivity contribution in [1.29, 1.82) is 0 Å². The van der Waals surface area contributed by atoms with Crippen molar-refractivity contribution in [2.24, 2.45) is 11.1 Å². The smallest absolute Gasteiger partial charge is 0.248 e. The van der Waals surface area contributed by atoms with E-state index in [2.05, 4.69) is 19.2 Å². The zero-order valence-corrected chi connectivity index (χ0v) is 11.1. The standard InChI is InChI=1S/C14H22N2O2/c1-14(2,6-7-17)10-16-9-11-4-3-5-12(8-11)13(15)18/h3-5,8,16-17H,6-7,9-10H2,1-2H3,(H2,15,18). The van der Waals surface area contributed by atoms with Crippen molar-refractivity contribution in [3.05, 3.63) is 35.4 Å². The third kappa shape index (κ3) is 4.85. The molecule has 0 radical (unpaired) electrons. The summed E-state index contributed by atoms with van der Waals surface area (Å²) >= 11 is 0. The number of primary amides is 1. The maximum atomic E-state index is 11.0. The first-order valence-corrected chi connectivity index (χ1v) is 6.15. The summed E-state index contributed by atoms with van der Waals surface area (Å²) in [5.41, 5.74) is 6.86. The third-order valence-electron chi connectivity index (χ3n) is 2.93. The number of aliphatic hydroxyl groups excluding tert-OH is 1. The van der Waals surface area contributed by atoms with Crippen molar-refractivity contribution in [2.75, 3.05) is 13.2 Å².